The minimum absolute atomic E-state index is 0.175. The normalized spacial score (nSPS) is 11.8. The summed E-state index contributed by atoms with van der Waals surface area (Å²) in [6.45, 7) is 1.89. The van der Waals surface area contributed by atoms with Crippen LogP contribution in [0.4, 0.5) is 0 Å². The molecule has 0 spiro atoms. The predicted octanol–water partition coefficient (Wildman–Crippen LogP) is 2.12. The molecule has 1 atom stereocenters. The highest BCUT2D eigenvalue weighted by atomic mass is 16.5. The van der Waals surface area contributed by atoms with E-state index in [1.54, 1.807) is 45.3 Å². The lowest BCUT2D eigenvalue weighted by molar-refractivity contribution is -0.130. The second-order valence-corrected chi connectivity index (χ2v) is 6.41. The van der Waals surface area contributed by atoms with Crippen LogP contribution in [-0.2, 0) is 11.4 Å². The van der Waals surface area contributed by atoms with Gasteiger partial charge in [0.15, 0.2) is 0 Å². The van der Waals surface area contributed by atoms with Crippen molar-refractivity contribution in [3.05, 3.63) is 66.1 Å². The third-order valence-electron chi connectivity index (χ3n) is 4.08. The van der Waals surface area contributed by atoms with Crippen LogP contribution in [0.2, 0.25) is 0 Å². The molecule has 3 aromatic rings. The molecule has 0 aliphatic carbocycles. The fourth-order valence-electron chi connectivity index (χ4n) is 2.71. The monoisotopic (exact) mass is 366 g/mol. The van der Waals surface area contributed by atoms with E-state index in [4.69, 9.17) is 4.74 Å². The maximum atomic E-state index is 12.6. The van der Waals surface area contributed by atoms with Crippen LogP contribution in [0.3, 0.4) is 0 Å². The Morgan fingerprint density at radius 1 is 1.19 bits per heavy atom. The van der Waals surface area contributed by atoms with Gasteiger partial charge in [-0.1, -0.05) is 18.2 Å². The number of carbonyl (C=O) groups excluding carboxylic acids is 2. The number of aromatic nitrogens is 2. The molecule has 1 N–H and O–H groups in total. The van der Waals surface area contributed by atoms with Gasteiger partial charge in [0, 0.05) is 26.5 Å². The number of likely N-dealkylation sites (N-methyl/N-ethyl adjacent to an activating group) is 1. The van der Waals surface area contributed by atoms with Gasteiger partial charge in [0.2, 0.25) is 5.91 Å². The van der Waals surface area contributed by atoms with E-state index in [2.05, 4.69) is 10.3 Å². The molecule has 1 aromatic carbocycles. The number of ether oxygens (including phenoxy) is 1. The van der Waals surface area contributed by atoms with Crippen molar-refractivity contribution < 1.29 is 14.3 Å². The molecule has 3 rings (SSSR count). The Morgan fingerprint density at radius 3 is 2.67 bits per heavy atom. The van der Waals surface area contributed by atoms with E-state index in [0.29, 0.717) is 11.3 Å². The van der Waals surface area contributed by atoms with E-state index in [1.807, 2.05) is 35.0 Å². The van der Waals surface area contributed by atoms with Crippen molar-refractivity contribution in [1.82, 2.24) is 19.6 Å². The summed E-state index contributed by atoms with van der Waals surface area (Å²) < 4.78 is 7.74. The van der Waals surface area contributed by atoms with Gasteiger partial charge in [-0.3, -0.25) is 9.59 Å². The summed E-state index contributed by atoms with van der Waals surface area (Å²) in [6.07, 6.45) is 3.80. The number of hydrogen-bond donors (Lipinski definition) is 1. The zero-order valence-corrected chi connectivity index (χ0v) is 15.5. The molecular formula is C20H22N4O3. The van der Waals surface area contributed by atoms with Crippen LogP contribution >= 0.6 is 0 Å². The average Bonchev–Trinajstić information content (AvgIpc) is 3.08. The standard InChI is InChI=1S/C20H22N4O3/c1-14(20(26)23(2)3)21-19(25)16-8-4-5-9-17(16)27-13-15-12-24-11-7-6-10-18(24)22-15/h4-12,14H,13H2,1-3H3,(H,21,25). The number of imidazole rings is 1. The first-order valence-electron chi connectivity index (χ1n) is 8.62. The highest BCUT2D eigenvalue weighted by molar-refractivity contribution is 5.99. The van der Waals surface area contributed by atoms with Crippen LogP contribution in [0.1, 0.15) is 23.0 Å². The summed E-state index contributed by atoms with van der Waals surface area (Å²) in [5.74, 6) is -0.0914. The molecule has 2 amide bonds. The fourth-order valence-corrected chi connectivity index (χ4v) is 2.71. The van der Waals surface area contributed by atoms with Crippen molar-refractivity contribution in [2.24, 2.45) is 0 Å². The number of fused-ring (bicyclic) bond motifs is 1. The molecule has 7 nitrogen and oxygen atoms in total. The van der Waals surface area contributed by atoms with Gasteiger partial charge >= 0.3 is 0 Å². The Kier molecular flexibility index (Phi) is 5.40. The molecule has 0 fully saturated rings. The topological polar surface area (TPSA) is 75.9 Å². The SMILES string of the molecule is CC(NC(=O)c1ccccc1OCc1cn2ccccc2n1)C(=O)N(C)C. The maximum Gasteiger partial charge on any atom is 0.255 e. The maximum absolute atomic E-state index is 12.6. The van der Waals surface area contributed by atoms with Crippen molar-refractivity contribution in [1.29, 1.82) is 0 Å². The Hall–Kier alpha value is -3.35. The van der Waals surface area contributed by atoms with Gasteiger partial charge in [-0.2, -0.15) is 0 Å². The van der Waals surface area contributed by atoms with Gasteiger partial charge in [0.05, 0.1) is 11.3 Å². The minimum atomic E-state index is -0.626. The average molecular weight is 366 g/mol. The third kappa shape index (κ3) is 4.25. The van der Waals surface area contributed by atoms with Crippen molar-refractivity contribution in [2.75, 3.05) is 14.1 Å². The lowest BCUT2D eigenvalue weighted by Crippen LogP contribution is -2.44. The fraction of sp³-hybridized carbons (Fsp3) is 0.250. The van der Waals surface area contributed by atoms with Gasteiger partial charge in [-0.25, -0.2) is 4.98 Å². The minimum Gasteiger partial charge on any atom is -0.486 e. The van der Waals surface area contributed by atoms with Crippen LogP contribution < -0.4 is 10.1 Å². The number of nitrogens with zero attached hydrogens (tertiary/aromatic N) is 3. The Labute approximate surface area is 157 Å². The summed E-state index contributed by atoms with van der Waals surface area (Å²) in [7, 11) is 3.30. The molecule has 0 bridgehead atoms. The van der Waals surface area contributed by atoms with Crippen molar-refractivity contribution in [3.8, 4) is 5.75 Å². The number of carbonyl (C=O) groups is 2. The van der Waals surface area contributed by atoms with Crippen molar-refractivity contribution >= 4 is 17.5 Å². The number of amides is 2. The molecule has 27 heavy (non-hydrogen) atoms. The molecule has 2 heterocycles. The Balaban J connectivity index is 1.71. The van der Waals surface area contributed by atoms with Crippen LogP contribution in [0.15, 0.2) is 54.9 Å². The molecular weight excluding hydrogens is 344 g/mol. The second kappa shape index (κ2) is 7.90. The van der Waals surface area contributed by atoms with E-state index < -0.39 is 6.04 Å². The summed E-state index contributed by atoms with van der Waals surface area (Å²) >= 11 is 0. The highest BCUT2D eigenvalue weighted by Crippen LogP contribution is 2.19. The number of rotatable bonds is 6. The number of hydrogen-bond acceptors (Lipinski definition) is 4. The van der Waals surface area contributed by atoms with Crippen LogP contribution in [0.5, 0.6) is 5.75 Å². The van der Waals surface area contributed by atoms with Gasteiger partial charge < -0.3 is 19.4 Å². The molecule has 1 unspecified atom stereocenters. The van der Waals surface area contributed by atoms with Crippen molar-refractivity contribution in [2.45, 2.75) is 19.6 Å². The van der Waals surface area contributed by atoms with Gasteiger partial charge in [-0.15, -0.1) is 0 Å². The smallest absolute Gasteiger partial charge is 0.255 e. The zero-order valence-electron chi connectivity index (χ0n) is 15.5. The molecule has 140 valence electrons. The van der Waals surface area contributed by atoms with E-state index in [0.717, 1.165) is 11.3 Å². The first-order valence-corrected chi connectivity index (χ1v) is 8.62. The van der Waals surface area contributed by atoms with Crippen LogP contribution in [-0.4, -0.2) is 46.2 Å². The van der Waals surface area contributed by atoms with E-state index in [-0.39, 0.29) is 18.4 Å². The number of benzene rings is 1. The number of pyridine rings is 1. The van der Waals surface area contributed by atoms with E-state index >= 15 is 0 Å². The molecule has 0 aliphatic rings. The summed E-state index contributed by atoms with van der Waals surface area (Å²) in [6, 6.07) is 12.1. The first-order chi connectivity index (χ1) is 13.0. The molecule has 7 heteroatoms. The van der Waals surface area contributed by atoms with Gasteiger partial charge in [-0.05, 0) is 31.2 Å². The highest BCUT2D eigenvalue weighted by Gasteiger charge is 2.20. The van der Waals surface area contributed by atoms with Crippen molar-refractivity contribution in [3.63, 3.8) is 0 Å². The Bertz CT molecular complexity index is 932. The molecule has 0 aliphatic heterocycles. The summed E-state index contributed by atoms with van der Waals surface area (Å²) in [5.41, 5.74) is 1.96. The largest absolute Gasteiger partial charge is 0.486 e. The zero-order chi connectivity index (χ0) is 19.4. The lowest BCUT2D eigenvalue weighted by Gasteiger charge is -2.18. The number of nitrogens with one attached hydrogen (secondary N) is 1. The van der Waals surface area contributed by atoms with E-state index in [9.17, 15) is 9.59 Å². The quantitative estimate of drug-likeness (QED) is 0.725. The first kappa shape index (κ1) is 18.4. The van der Waals surface area contributed by atoms with Gasteiger partial charge in [0.25, 0.3) is 5.91 Å². The summed E-state index contributed by atoms with van der Waals surface area (Å²) in [5, 5.41) is 2.71. The second-order valence-electron chi connectivity index (χ2n) is 6.41. The van der Waals surface area contributed by atoms with Crippen LogP contribution in [0, 0.1) is 0 Å². The molecule has 2 aromatic heterocycles. The lowest BCUT2D eigenvalue weighted by atomic mass is 10.1. The third-order valence-corrected chi connectivity index (χ3v) is 4.08. The summed E-state index contributed by atoms with van der Waals surface area (Å²) in [4.78, 5) is 30.5. The van der Waals surface area contributed by atoms with E-state index in [1.165, 1.54) is 4.90 Å². The molecule has 0 saturated carbocycles. The number of para-hydroxylation sites is 1. The molecule has 0 saturated heterocycles. The molecule has 0 radical (unpaired) electrons. The Morgan fingerprint density at radius 2 is 1.93 bits per heavy atom. The van der Waals surface area contributed by atoms with Gasteiger partial charge in [0.1, 0.15) is 24.0 Å². The van der Waals surface area contributed by atoms with Crippen LogP contribution in [0.25, 0.3) is 5.65 Å². The predicted molar refractivity (Wildman–Crippen MR) is 102 cm³/mol.